The molecule has 3 rings (SSSR count). The molecule has 0 bridgehead atoms. The van der Waals surface area contributed by atoms with Crippen molar-refractivity contribution in [3.63, 3.8) is 0 Å². The molecule has 1 heterocycles. The van der Waals surface area contributed by atoms with E-state index in [9.17, 15) is 4.79 Å². The first-order valence-corrected chi connectivity index (χ1v) is 8.48. The maximum atomic E-state index is 12.9. The summed E-state index contributed by atoms with van der Waals surface area (Å²) in [5.74, 6) is 0.868. The van der Waals surface area contributed by atoms with Crippen LogP contribution in [0.4, 0.5) is 11.4 Å². The average molecular weight is 361 g/mol. The Hall–Kier alpha value is -2.20. The zero-order valence-electron chi connectivity index (χ0n) is 14.7. The number of ether oxygens (including phenoxy) is 1. The smallest absolute Gasteiger partial charge is 0.231 e. The van der Waals surface area contributed by atoms with E-state index >= 15 is 0 Å². The molecule has 0 fully saturated rings. The first-order valence-electron chi connectivity index (χ1n) is 8.48. The fourth-order valence-corrected chi connectivity index (χ4v) is 3.19. The van der Waals surface area contributed by atoms with Crippen molar-refractivity contribution in [1.82, 2.24) is 0 Å². The van der Waals surface area contributed by atoms with Crippen molar-refractivity contribution in [2.75, 3.05) is 17.2 Å². The number of hydrogen-bond donors (Lipinski definition) is 1. The minimum Gasteiger partial charge on any atom is -0.491 e. The minimum absolute atomic E-state index is 0. The standard InChI is InChI=1S/C20H24N2O2.ClH/c1-14(2)24-19-11-4-3-7-15(19)13-20(23)22-12-6-8-16-17(21)9-5-10-18(16)22;/h3-5,7,9-11,14H,6,8,12-13,21H2,1-2H3;1H. The van der Waals surface area contributed by atoms with E-state index in [0.29, 0.717) is 6.42 Å². The number of nitrogens with two attached hydrogens (primary N) is 1. The van der Waals surface area contributed by atoms with Gasteiger partial charge in [-0.2, -0.15) is 0 Å². The number of carbonyl (C=O) groups excluding carboxylic acids is 1. The lowest BCUT2D eigenvalue weighted by atomic mass is 9.99. The van der Waals surface area contributed by atoms with Gasteiger partial charge in [0.25, 0.3) is 0 Å². The van der Waals surface area contributed by atoms with Crippen LogP contribution in [0.3, 0.4) is 0 Å². The first-order chi connectivity index (χ1) is 11.6. The maximum Gasteiger partial charge on any atom is 0.231 e. The van der Waals surface area contributed by atoms with Crippen LogP contribution < -0.4 is 15.4 Å². The molecule has 0 radical (unpaired) electrons. The number of nitrogen functional groups attached to an aromatic ring is 1. The van der Waals surface area contributed by atoms with Crippen LogP contribution in [0.2, 0.25) is 0 Å². The Bertz CT molecular complexity index is 746. The van der Waals surface area contributed by atoms with Crippen molar-refractivity contribution in [2.24, 2.45) is 0 Å². The second-order valence-corrected chi connectivity index (χ2v) is 6.44. The van der Waals surface area contributed by atoms with Crippen LogP contribution in [0.15, 0.2) is 42.5 Å². The number of para-hydroxylation sites is 1. The molecular formula is C20H25ClN2O2. The highest BCUT2D eigenvalue weighted by Crippen LogP contribution is 2.32. The van der Waals surface area contributed by atoms with Gasteiger partial charge in [-0.15, -0.1) is 12.4 Å². The Morgan fingerprint density at radius 3 is 2.72 bits per heavy atom. The van der Waals surface area contributed by atoms with Gasteiger partial charge in [-0.25, -0.2) is 0 Å². The fourth-order valence-electron chi connectivity index (χ4n) is 3.19. The molecule has 1 amide bonds. The number of hydrogen-bond acceptors (Lipinski definition) is 3. The Morgan fingerprint density at radius 1 is 1.20 bits per heavy atom. The van der Waals surface area contributed by atoms with Crippen molar-refractivity contribution < 1.29 is 9.53 Å². The summed E-state index contributed by atoms with van der Waals surface area (Å²) in [5.41, 5.74) is 9.81. The molecule has 0 aliphatic carbocycles. The normalized spacial score (nSPS) is 13.2. The van der Waals surface area contributed by atoms with Crippen molar-refractivity contribution in [1.29, 1.82) is 0 Å². The number of anilines is 2. The fraction of sp³-hybridized carbons (Fsp3) is 0.350. The Balaban J connectivity index is 0.00000225. The summed E-state index contributed by atoms with van der Waals surface area (Å²) in [7, 11) is 0. The van der Waals surface area contributed by atoms with E-state index in [1.165, 1.54) is 0 Å². The van der Waals surface area contributed by atoms with Crippen molar-refractivity contribution in [3.05, 3.63) is 53.6 Å². The molecule has 0 atom stereocenters. The summed E-state index contributed by atoms with van der Waals surface area (Å²) >= 11 is 0. The number of nitrogens with zero attached hydrogens (tertiary/aromatic N) is 1. The van der Waals surface area contributed by atoms with E-state index in [1.54, 1.807) is 0 Å². The number of fused-ring (bicyclic) bond motifs is 1. The van der Waals surface area contributed by atoms with E-state index in [2.05, 4.69) is 0 Å². The topological polar surface area (TPSA) is 55.6 Å². The predicted octanol–water partition coefficient (Wildman–Crippen LogP) is 4.00. The van der Waals surface area contributed by atoms with Gasteiger partial charge in [-0.3, -0.25) is 4.79 Å². The molecule has 134 valence electrons. The zero-order chi connectivity index (χ0) is 17.1. The van der Waals surface area contributed by atoms with Crippen LogP contribution in [0.1, 0.15) is 31.4 Å². The lowest BCUT2D eigenvalue weighted by Crippen LogP contribution is -2.36. The maximum absolute atomic E-state index is 12.9. The van der Waals surface area contributed by atoms with E-state index in [4.69, 9.17) is 10.5 Å². The average Bonchev–Trinajstić information content (AvgIpc) is 2.56. The van der Waals surface area contributed by atoms with Crippen LogP contribution >= 0.6 is 12.4 Å². The second-order valence-electron chi connectivity index (χ2n) is 6.44. The molecule has 2 aromatic carbocycles. The van der Waals surface area contributed by atoms with E-state index < -0.39 is 0 Å². The van der Waals surface area contributed by atoms with Gasteiger partial charge in [0.05, 0.1) is 12.5 Å². The van der Waals surface area contributed by atoms with E-state index in [0.717, 1.165) is 47.6 Å². The highest BCUT2D eigenvalue weighted by Gasteiger charge is 2.24. The molecule has 1 aliphatic heterocycles. The molecule has 1 aliphatic rings. The number of halogens is 1. The van der Waals surface area contributed by atoms with Crippen LogP contribution in [0.5, 0.6) is 5.75 Å². The molecule has 5 heteroatoms. The number of rotatable bonds is 4. The highest BCUT2D eigenvalue weighted by molar-refractivity contribution is 5.97. The van der Waals surface area contributed by atoms with Crippen molar-refractivity contribution in [3.8, 4) is 5.75 Å². The van der Waals surface area contributed by atoms with E-state index in [1.807, 2.05) is 61.2 Å². The SMILES string of the molecule is CC(C)Oc1ccccc1CC(=O)N1CCCc2c(N)cccc21.Cl. The zero-order valence-corrected chi connectivity index (χ0v) is 15.5. The summed E-state index contributed by atoms with van der Waals surface area (Å²) < 4.78 is 5.83. The minimum atomic E-state index is 0. The predicted molar refractivity (Wildman–Crippen MR) is 105 cm³/mol. The lowest BCUT2D eigenvalue weighted by Gasteiger charge is -2.30. The second kappa shape index (κ2) is 8.26. The Kier molecular flexibility index (Phi) is 6.32. The quantitative estimate of drug-likeness (QED) is 0.838. The largest absolute Gasteiger partial charge is 0.491 e. The lowest BCUT2D eigenvalue weighted by molar-refractivity contribution is -0.118. The van der Waals surface area contributed by atoms with Crippen LogP contribution in [0, 0.1) is 0 Å². The van der Waals surface area contributed by atoms with Gasteiger partial charge in [0.1, 0.15) is 5.75 Å². The third-order valence-corrected chi connectivity index (χ3v) is 4.26. The molecule has 0 aromatic heterocycles. The molecule has 0 spiro atoms. The molecule has 0 saturated heterocycles. The summed E-state index contributed by atoms with van der Waals surface area (Å²) in [6.45, 7) is 4.72. The van der Waals surface area contributed by atoms with Crippen LogP contribution in [-0.2, 0) is 17.6 Å². The summed E-state index contributed by atoms with van der Waals surface area (Å²) in [4.78, 5) is 14.8. The Morgan fingerprint density at radius 2 is 1.96 bits per heavy atom. The van der Waals surface area contributed by atoms with Gasteiger partial charge in [0.15, 0.2) is 0 Å². The van der Waals surface area contributed by atoms with Crippen molar-refractivity contribution >= 4 is 29.7 Å². The van der Waals surface area contributed by atoms with Gasteiger partial charge in [-0.05, 0) is 50.5 Å². The van der Waals surface area contributed by atoms with Crippen molar-refractivity contribution in [2.45, 2.75) is 39.2 Å². The van der Waals surface area contributed by atoms with Gasteiger partial charge in [0, 0.05) is 23.5 Å². The third-order valence-electron chi connectivity index (χ3n) is 4.26. The molecule has 4 nitrogen and oxygen atoms in total. The third kappa shape index (κ3) is 4.26. The van der Waals surface area contributed by atoms with Gasteiger partial charge in [-0.1, -0.05) is 24.3 Å². The number of benzene rings is 2. The monoisotopic (exact) mass is 360 g/mol. The number of carbonyl (C=O) groups is 1. The summed E-state index contributed by atoms with van der Waals surface area (Å²) in [5, 5.41) is 0. The molecule has 2 aromatic rings. The highest BCUT2D eigenvalue weighted by atomic mass is 35.5. The Labute approximate surface area is 155 Å². The molecule has 0 saturated carbocycles. The van der Waals surface area contributed by atoms with Crippen LogP contribution in [-0.4, -0.2) is 18.6 Å². The molecule has 0 unspecified atom stereocenters. The first kappa shape index (κ1) is 19.1. The van der Waals surface area contributed by atoms with Gasteiger partial charge >= 0.3 is 0 Å². The summed E-state index contributed by atoms with van der Waals surface area (Å²) in [6, 6.07) is 13.6. The molecule has 25 heavy (non-hydrogen) atoms. The van der Waals surface area contributed by atoms with Crippen LogP contribution in [0.25, 0.3) is 0 Å². The number of amides is 1. The van der Waals surface area contributed by atoms with E-state index in [-0.39, 0.29) is 24.4 Å². The summed E-state index contributed by atoms with van der Waals surface area (Å²) in [6.07, 6.45) is 2.28. The molecular weight excluding hydrogens is 336 g/mol. The van der Waals surface area contributed by atoms with Gasteiger partial charge < -0.3 is 15.4 Å². The molecule has 2 N–H and O–H groups in total. The van der Waals surface area contributed by atoms with Gasteiger partial charge in [0.2, 0.25) is 5.91 Å².